The van der Waals surface area contributed by atoms with Crippen LogP contribution < -0.4 is 5.56 Å². The van der Waals surface area contributed by atoms with Crippen molar-refractivity contribution in [2.24, 2.45) is 0 Å². The van der Waals surface area contributed by atoms with Crippen LogP contribution in [0.3, 0.4) is 0 Å². The van der Waals surface area contributed by atoms with Gasteiger partial charge >= 0.3 is 0 Å². The Morgan fingerprint density at radius 2 is 2.08 bits per heavy atom. The van der Waals surface area contributed by atoms with E-state index >= 15 is 0 Å². The fraction of sp³-hybridized carbons (Fsp3) is 0.300. The van der Waals surface area contributed by atoms with E-state index in [0.717, 1.165) is 33.7 Å². The molecule has 6 heteroatoms. The fourth-order valence-corrected chi connectivity index (χ4v) is 5.26. The van der Waals surface area contributed by atoms with Gasteiger partial charge in [0.1, 0.15) is 0 Å². The highest BCUT2D eigenvalue weighted by atomic mass is 32.2. The molecule has 0 aliphatic carbocycles. The molecule has 134 valence electrons. The summed E-state index contributed by atoms with van der Waals surface area (Å²) in [5.41, 5.74) is 2.29. The van der Waals surface area contributed by atoms with Crippen LogP contribution in [0.5, 0.6) is 0 Å². The highest BCUT2D eigenvalue weighted by Gasteiger charge is 2.21. The van der Waals surface area contributed by atoms with E-state index in [9.17, 15) is 4.79 Å². The summed E-state index contributed by atoms with van der Waals surface area (Å²) in [6.07, 6.45) is 0.877. The maximum Gasteiger partial charge on any atom is 0.268 e. The summed E-state index contributed by atoms with van der Waals surface area (Å²) < 4.78 is 6.97. The second-order valence-corrected chi connectivity index (χ2v) is 8.19. The molecule has 2 heterocycles. The zero-order valence-electron chi connectivity index (χ0n) is 14.6. The molecule has 0 saturated carbocycles. The van der Waals surface area contributed by atoms with E-state index in [1.807, 2.05) is 0 Å². The molecule has 0 atom stereocenters. The fourth-order valence-electron chi connectivity index (χ4n) is 3.17. The van der Waals surface area contributed by atoms with Crippen LogP contribution >= 0.6 is 23.5 Å². The van der Waals surface area contributed by atoms with Gasteiger partial charge in [0, 0.05) is 25.0 Å². The normalized spacial score (nSPS) is 13.3. The molecule has 0 bridgehead atoms. The summed E-state index contributed by atoms with van der Waals surface area (Å²) in [6, 6.07) is 14.8. The molecular formula is C20H20N2O2S2. The predicted octanol–water partition coefficient (Wildman–Crippen LogP) is 3.98. The third-order valence-corrected chi connectivity index (χ3v) is 6.64. The first-order valence-corrected chi connectivity index (χ1v) is 10.6. The standard InChI is InChI=1S/C20H20N2O2S2/c1-24-11-10-22-19(23)18-17(9-12-25-18)21-20(22)26-13-15-7-4-6-14-5-2-3-8-16(14)15/h2-8H,9-13H2,1H3. The summed E-state index contributed by atoms with van der Waals surface area (Å²) in [7, 11) is 1.66. The van der Waals surface area contributed by atoms with E-state index in [0.29, 0.717) is 13.2 Å². The van der Waals surface area contributed by atoms with Gasteiger partial charge in [0.2, 0.25) is 0 Å². The van der Waals surface area contributed by atoms with Gasteiger partial charge in [0.15, 0.2) is 5.16 Å². The number of thioether (sulfide) groups is 2. The Balaban J connectivity index is 1.67. The van der Waals surface area contributed by atoms with Crippen molar-refractivity contribution in [2.75, 3.05) is 19.5 Å². The molecule has 26 heavy (non-hydrogen) atoms. The van der Waals surface area contributed by atoms with Crippen LogP contribution in [0.15, 0.2) is 57.3 Å². The maximum atomic E-state index is 12.8. The van der Waals surface area contributed by atoms with Gasteiger partial charge in [-0.1, -0.05) is 54.2 Å². The Hall–Kier alpha value is -1.76. The molecule has 0 unspecified atom stereocenters. The highest BCUT2D eigenvalue weighted by Crippen LogP contribution is 2.31. The molecule has 0 saturated heterocycles. The number of rotatable bonds is 6. The van der Waals surface area contributed by atoms with Crippen molar-refractivity contribution in [1.29, 1.82) is 0 Å². The van der Waals surface area contributed by atoms with Crippen molar-refractivity contribution in [3.05, 3.63) is 64.1 Å². The van der Waals surface area contributed by atoms with Gasteiger partial charge in [-0.05, 0) is 16.3 Å². The third-order valence-electron chi connectivity index (χ3n) is 4.50. The van der Waals surface area contributed by atoms with Crippen LogP contribution in [0.25, 0.3) is 10.8 Å². The van der Waals surface area contributed by atoms with Gasteiger partial charge in [-0.2, -0.15) is 0 Å². The molecule has 4 nitrogen and oxygen atoms in total. The number of aromatic nitrogens is 2. The minimum Gasteiger partial charge on any atom is -0.383 e. The summed E-state index contributed by atoms with van der Waals surface area (Å²) >= 11 is 3.25. The van der Waals surface area contributed by atoms with E-state index in [1.165, 1.54) is 16.3 Å². The number of ether oxygens (including phenoxy) is 1. The van der Waals surface area contributed by atoms with E-state index < -0.39 is 0 Å². The summed E-state index contributed by atoms with van der Waals surface area (Å²) in [6.45, 7) is 1.04. The Morgan fingerprint density at radius 1 is 1.23 bits per heavy atom. The molecule has 1 aliphatic rings. The Bertz CT molecular complexity index is 996. The first-order valence-electron chi connectivity index (χ1n) is 8.63. The molecule has 1 aliphatic heterocycles. The summed E-state index contributed by atoms with van der Waals surface area (Å²) in [5, 5.41) is 3.28. The summed E-state index contributed by atoms with van der Waals surface area (Å²) in [5.74, 6) is 1.73. The Morgan fingerprint density at radius 3 is 2.96 bits per heavy atom. The predicted molar refractivity (Wildman–Crippen MR) is 108 cm³/mol. The average Bonchev–Trinajstić information content (AvgIpc) is 3.14. The Labute approximate surface area is 161 Å². The molecule has 4 rings (SSSR count). The number of nitrogens with zero attached hydrogens (tertiary/aromatic N) is 2. The van der Waals surface area contributed by atoms with Gasteiger partial charge in [0.05, 0.1) is 23.7 Å². The number of benzene rings is 2. The molecule has 0 N–H and O–H groups in total. The highest BCUT2D eigenvalue weighted by molar-refractivity contribution is 7.99. The van der Waals surface area contributed by atoms with Crippen molar-refractivity contribution >= 4 is 34.3 Å². The first-order chi connectivity index (χ1) is 12.8. The SMILES string of the molecule is COCCn1c(SCc2cccc3ccccc23)nc2c(c1=O)SCC2. The largest absolute Gasteiger partial charge is 0.383 e. The zero-order chi connectivity index (χ0) is 17.9. The molecule has 0 radical (unpaired) electrons. The molecular weight excluding hydrogens is 364 g/mol. The van der Waals surface area contributed by atoms with Crippen LogP contribution in [0.4, 0.5) is 0 Å². The zero-order valence-corrected chi connectivity index (χ0v) is 16.2. The van der Waals surface area contributed by atoms with Gasteiger partial charge in [-0.25, -0.2) is 4.98 Å². The molecule has 0 amide bonds. The van der Waals surface area contributed by atoms with Gasteiger partial charge in [-0.3, -0.25) is 9.36 Å². The van der Waals surface area contributed by atoms with Crippen LogP contribution in [0.2, 0.25) is 0 Å². The van der Waals surface area contributed by atoms with Crippen molar-refractivity contribution in [1.82, 2.24) is 9.55 Å². The second-order valence-electron chi connectivity index (χ2n) is 6.15. The molecule has 2 aromatic carbocycles. The van der Waals surface area contributed by atoms with Crippen LogP contribution in [-0.4, -0.2) is 29.0 Å². The lowest BCUT2D eigenvalue weighted by molar-refractivity contribution is 0.182. The minimum absolute atomic E-state index is 0.0787. The van der Waals surface area contributed by atoms with E-state index in [1.54, 1.807) is 35.2 Å². The molecule has 0 spiro atoms. The lowest BCUT2D eigenvalue weighted by Gasteiger charge is -2.14. The number of methoxy groups -OCH3 is 1. The first kappa shape index (κ1) is 17.6. The van der Waals surface area contributed by atoms with Crippen LogP contribution in [0.1, 0.15) is 11.3 Å². The van der Waals surface area contributed by atoms with Gasteiger partial charge in [-0.15, -0.1) is 11.8 Å². The monoisotopic (exact) mass is 384 g/mol. The number of hydrogen-bond donors (Lipinski definition) is 0. The van der Waals surface area contributed by atoms with Gasteiger partial charge < -0.3 is 4.74 Å². The minimum atomic E-state index is 0.0787. The quantitative estimate of drug-likeness (QED) is 0.475. The van der Waals surface area contributed by atoms with Crippen molar-refractivity contribution in [2.45, 2.75) is 28.8 Å². The van der Waals surface area contributed by atoms with E-state index in [2.05, 4.69) is 42.5 Å². The summed E-state index contributed by atoms with van der Waals surface area (Å²) in [4.78, 5) is 18.5. The van der Waals surface area contributed by atoms with Crippen molar-refractivity contribution < 1.29 is 4.74 Å². The number of fused-ring (bicyclic) bond motifs is 2. The van der Waals surface area contributed by atoms with Crippen molar-refractivity contribution in [3.63, 3.8) is 0 Å². The van der Waals surface area contributed by atoms with E-state index in [-0.39, 0.29) is 5.56 Å². The molecule has 0 fully saturated rings. The smallest absolute Gasteiger partial charge is 0.268 e. The third kappa shape index (κ3) is 3.41. The molecule has 1 aromatic heterocycles. The Kier molecular flexibility index (Phi) is 5.33. The lowest BCUT2D eigenvalue weighted by Crippen LogP contribution is -2.27. The van der Waals surface area contributed by atoms with Crippen molar-refractivity contribution in [3.8, 4) is 0 Å². The maximum absolute atomic E-state index is 12.8. The number of hydrogen-bond acceptors (Lipinski definition) is 5. The average molecular weight is 385 g/mol. The molecule has 3 aromatic rings. The van der Waals surface area contributed by atoms with E-state index in [4.69, 9.17) is 9.72 Å². The number of aryl methyl sites for hydroxylation is 1. The van der Waals surface area contributed by atoms with Gasteiger partial charge in [0.25, 0.3) is 5.56 Å². The van der Waals surface area contributed by atoms with Crippen LogP contribution in [0, 0.1) is 0 Å². The lowest BCUT2D eigenvalue weighted by atomic mass is 10.1. The second kappa shape index (κ2) is 7.86. The van der Waals surface area contributed by atoms with Crippen LogP contribution in [-0.2, 0) is 23.5 Å². The topological polar surface area (TPSA) is 44.1 Å².